The molecular weight excluding hydrogens is 212 g/mol. The zero-order valence-electron chi connectivity index (χ0n) is 9.27. The van der Waals surface area contributed by atoms with Crippen LogP contribution in [0.1, 0.15) is 32.1 Å². The maximum Gasteiger partial charge on any atom is 0.336 e. The van der Waals surface area contributed by atoms with Gasteiger partial charge >= 0.3 is 11.9 Å². The molecule has 2 rings (SSSR count). The van der Waals surface area contributed by atoms with Crippen LogP contribution in [0.2, 0.25) is 0 Å². The van der Waals surface area contributed by atoms with E-state index in [9.17, 15) is 14.7 Å². The predicted octanol–water partition coefficient (Wildman–Crippen LogP) is 0.396. The van der Waals surface area contributed by atoms with Crippen molar-refractivity contribution in [2.45, 2.75) is 43.8 Å². The van der Waals surface area contributed by atoms with Gasteiger partial charge in [-0.3, -0.25) is 4.79 Å². The minimum absolute atomic E-state index is 0.555. The Bertz CT molecular complexity index is 305. The number of carbonyl (C=O) groups excluding carboxylic acids is 2. The lowest BCUT2D eigenvalue weighted by atomic mass is 9.75. The standard InChI is InChI=1S/C11H16O5/c1-15-9(13)7-8(12)10(14)16-11(7)5-3-2-4-6-11/h7-8,12H,2-6H2,1H3. The number of rotatable bonds is 1. The van der Waals surface area contributed by atoms with E-state index in [1.54, 1.807) is 0 Å². The number of ether oxygens (including phenoxy) is 2. The summed E-state index contributed by atoms with van der Waals surface area (Å²) in [6.45, 7) is 0. The van der Waals surface area contributed by atoms with Gasteiger partial charge in [0.05, 0.1) is 7.11 Å². The lowest BCUT2D eigenvalue weighted by molar-refractivity contribution is -0.159. The van der Waals surface area contributed by atoms with Gasteiger partial charge in [0.2, 0.25) is 0 Å². The van der Waals surface area contributed by atoms with Crippen LogP contribution in [0.4, 0.5) is 0 Å². The summed E-state index contributed by atoms with van der Waals surface area (Å²) in [6.07, 6.45) is 2.79. The Morgan fingerprint density at radius 2 is 2.06 bits per heavy atom. The summed E-state index contributed by atoms with van der Waals surface area (Å²) in [4.78, 5) is 23.0. The molecule has 2 fully saturated rings. The molecule has 0 amide bonds. The molecule has 1 N–H and O–H groups in total. The number of hydrogen-bond donors (Lipinski definition) is 1. The minimum Gasteiger partial charge on any atom is -0.469 e. The van der Waals surface area contributed by atoms with Crippen molar-refractivity contribution in [2.75, 3.05) is 7.11 Å². The number of methoxy groups -OCH3 is 1. The van der Waals surface area contributed by atoms with Crippen LogP contribution in [0.5, 0.6) is 0 Å². The first-order valence-electron chi connectivity index (χ1n) is 5.59. The summed E-state index contributed by atoms with van der Waals surface area (Å²) in [6, 6.07) is 0. The van der Waals surface area contributed by atoms with E-state index in [1.807, 2.05) is 0 Å². The molecule has 0 aromatic heterocycles. The van der Waals surface area contributed by atoms with Gasteiger partial charge in [0.1, 0.15) is 11.5 Å². The first-order valence-corrected chi connectivity index (χ1v) is 5.59. The Morgan fingerprint density at radius 3 is 2.62 bits per heavy atom. The molecule has 0 aromatic carbocycles. The highest BCUT2D eigenvalue weighted by Gasteiger charge is 2.59. The van der Waals surface area contributed by atoms with Gasteiger partial charge in [0.15, 0.2) is 6.10 Å². The Hall–Kier alpha value is -1.10. The molecular formula is C11H16O5. The van der Waals surface area contributed by atoms with Crippen molar-refractivity contribution >= 4 is 11.9 Å². The Labute approximate surface area is 93.7 Å². The van der Waals surface area contributed by atoms with Crippen LogP contribution in [-0.4, -0.2) is 35.9 Å². The van der Waals surface area contributed by atoms with E-state index in [4.69, 9.17) is 4.74 Å². The molecule has 5 nitrogen and oxygen atoms in total. The second-order valence-electron chi connectivity index (χ2n) is 4.49. The average molecular weight is 228 g/mol. The van der Waals surface area contributed by atoms with Crippen molar-refractivity contribution < 1.29 is 24.2 Å². The van der Waals surface area contributed by atoms with E-state index in [1.165, 1.54) is 7.11 Å². The fraction of sp³-hybridized carbons (Fsp3) is 0.818. The molecule has 16 heavy (non-hydrogen) atoms. The van der Waals surface area contributed by atoms with E-state index in [0.717, 1.165) is 19.3 Å². The molecule has 1 saturated heterocycles. The van der Waals surface area contributed by atoms with Crippen molar-refractivity contribution in [2.24, 2.45) is 5.92 Å². The van der Waals surface area contributed by atoms with Gasteiger partial charge in [-0.25, -0.2) is 4.79 Å². The zero-order chi connectivity index (χ0) is 11.8. The monoisotopic (exact) mass is 228 g/mol. The van der Waals surface area contributed by atoms with Crippen LogP contribution >= 0.6 is 0 Å². The Morgan fingerprint density at radius 1 is 1.44 bits per heavy atom. The van der Waals surface area contributed by atoms with Gasteiger partial charge < -0.3 is 14.6 Å². The third-order valence-electron chi connectivity index (χ3n) is 3.58. The highest BCUT2D eigenvalue weighted by Crippen LogP contribution is 2.44. The van der Waals surface area contributed by atoms with Crippen molar-refractivity contribution in [1.82, 2.24) is 0 Å². The van der Waals surface area contributed by atoms with Crippen LogP contribution in [-0.2, 0) is 19.1 Å². The van der Waals surface area contributed by atoms with Gasteiger partial charge in [0.25, 0.3) is 0 Å². The summed E-state index contributed by atoms with van der Waals surface area (Å²) in [5, 5.41) is 9.70. The van der Waals surface area contributed by atoms with Gasteiger partial charge in [-0.2, -0.15) is 0 Å². The van der Waals surface area contributed by atoms with Crippen molar-refractivity contribution in [3.8, 4) is 0 Å². The number of hydrogen-bond acceptors (Lipinski definition) is 5. The van der Waals surface area contributed by atoms with Gasteiger partial charge in [-0.05, 0) is 25.7 Å². The average Bonchev–Trinajstić information content (AvgIpc) is 2.51. The van der Waals surface area contributed by atoms with E-state index in [-0.39, 0.29) is 0 Å². The predicted molar refractivity (Wildman–Crippen MR) is 53.4 cm³/mol. The third kappa shape index (κ3) is 1.59. The summed E-state index contributed by atoms with van der Waals surface area (Å²) in [7, 11) is 1.26. The molecule has 0 radical (unpaired) electrons. The molecule has 1 aliphatic heterocycles. The lowest BCUT2D eigenvalue weighted by Crippen LogP contribution is -2.45. The normalized spacial score (nSPS) is 32.5. The fourth-order valence-corrected chi connectivity index (χ4v) is 2.78. The van der Waals surface area contributed by atoms with Crippen molar-refractivity contribution in [3.05, 3.63) is 0 Å². The molecule has 1 spiro atoms. The first-order chi connectivity index (χ1) is 7.60. The first kappa shape index (κ1) is 11.4. The molecule has 2 atom stereocenters. The molecule has 2 unspecified atom stereocenters. The van der Waals surface area contributed by atoms with Crippen molar-refractivity contribution in [1.29, 1.82) is 0 Å². The quantitative estimate of drug-likeness (QED) is 0.657. The summed E-state index contributed by atoms with van der Waals surface area (Å²) < 4.78 is 9.90. The molecule has 2 aliphatic rings. The third-order valence-corrected chi connectivity index (χ3v) is 3.58. The smallest absolute Gasteiger partial charge is 0.336 e. The maximum atomic E-state index is 11.6. The highest BCUT2D eigenvalue weighted by atomic mass is 16.6. The fourth-order valence-electron chi connectivity index (χ4n) is 2.78. The molecule has 1 heterocycles. The van der Waals surface area contributed by atoms with E-state index < -0.39 is 29.6 Å². The molecule has 0 bridgehead atoms. The summed E-state index contributed by atoms with van der Waals surface area (Å²) >= 11 is 0. The second kappa shape index (κ2) is 4.05. The maximum absolute atomic E-state index is 11.6. The lowest BCUT2D eigenvalue weighted by Gasteiger charge is -2.35. The second-order valence-corrected chi connectivity index (χ2v) is 4.49. The van der Waals surface area contributed by atoms with Gasteiger partial charge in [0, 0.05) is 0 Å². The number of esters is 2. The molecule has 0 aromatic rings. The van der Waals surface area contributed by atoms with Crippen molar-refractivity contribution in [3.63, 3.8) is 0 Å². The number of aliphatic hydroxyl groups is 1. The summed E-state index contributed by atoms with van der Waals surface area (Å²) in [5.74, 6) is -2.11. The highest BCUT2D eigenvalue weighted by molar-refractivity contribution is 5.88. The minimum atomic E-state index is -1.37. The van der Waals surface area contributed by atoms with Gasteiger partial charge in [-0.1, -0.05) is 6.42 Å². The van der Waals surface area contributed by atoms with Crippen LogP contribution in [0.15, 0.2) is 0 Å². The van der Waals surface area contributed by atoms with Crippen LogP contribution < -0.4 is 0 Å². The number of carbonyl (C=O) groups is 2. The van der Waals surface area contributed by atoms with E-state index >= 15 is 0 Å². The SMILES string of the molecule is COC(=O)C1C(O)C(=O)OC12CCCCC2. The largest absolute Gasteiger partial charge is 0.469 e. The van der Waals surface area contributed by atoms with E-state index in [2.05, 4.69) is 4.74 Å². The molecule has 1 saturated carbocycles. The molecule has 5 heteroatoms. The molecule has 90 valence electrons. The topological polar surface area (TPSA) is 72.8 Å². The van der Waals surface area contributed by atoms with Crippen LogP contribution in [0.25, 0.3) is 0 Å². The van der Waals surface area contributed by atoms with E-state index in [0.29, 0.717) is 12.8 Å². The number of aliphatic hydroxyl groups excluding tert-OH is 1. The Balaban J connectivity index is 2.28. The van der Waals surface area contributed by atoms with Crippen LogP contribution in [0.3, 0.4) is 0 Å². The Kier molecular flexibility index (Phi) is 2.88. The van der Waals surface area contributed by atoms with Crippen LogP contribution in [0, 0.1) is 5.92 Å². The summed E-state index contributed by atoms with van der Waals surface area (Å²) in [5.41, 5.74) is -0.818. The van der Waals surface area contributed by atoms with Gasteiger partial charge in [-0.15, -0.1) is 0 Å². The zero-order valence-corrected chi connectivity index (χ0v) is 9.27. The molecule has 1 aliphatic carbocycles.